The van der Waals surface area contributed by atoms with Crippen LogP contribution in [0.2, 0.25) is 0 Å². The highest BCUT2D eigenvalue weighted by Gasteiger charge is 2.18. The molecule has 5 nitrogen and oxygen atoms in total. The Labute approximate surface area is 125 Å². The molecule has 0 aliphatic carbocycles. The van der Waals surface area contributed by atoms with Crippen LogP contribution < -0.4 is 10.5 Å². The van der Waals surface area contributed by atoms with E-state index in [0.29, 0.717) is 23.1 Å². The minimum atomic E-state index is -0.0360. The smallest absolute Gasteiger partial charge is 0.228 e. The number of nitrogens with one attached hydrogen (secondary N) is 1. The third kappa shape index (κ3) is 2.91. The Hall–Kier alpha value is -2.30. The summed E-state index contributed by atoms with van der Waals surface area (Å²) < 4.78 is 7.53. The fourth-order valence-electron chi connectivity index (χ4n) is 2.54. The van der Waals surface area contributed by atoms with Gasteiger partial charge in [0.1, 0.15) is 17.1 Å². The van der Waals surface area contributed by atoms with E-state index in [4.69, 9.17) is 15.9 Å². The van der Waals surface area contributed by atoms with Gasteiger partial charge in [-0.3, -0.25) is 5.41 Å². The van der Waals surface area contributed by atoms with Gasteiger partial charge in [0.2, 0.25) is 5.88 Å². The number of nitrogens with zero attached hydrogens (tertiary/aromatic N) is 2. The van der Waals surface area contributed by atoms with E-state index in [1.165, 1.54) is 11.1 Å². The van der Waals surface area contributed by atoms with Gasteiger partial charge in [-0.15, -0.1) is 0 Å². The third-order valence-corrected chi connectivity index (χ3v) is 3.52. The Balaban J connectivity index is 2.39. The molecule has 0 bridgehead atoms. The first-order valence-corrected chi connectivity index (χ1v) is 6.97. The molecule has 3 N–H and O–H groups in total. The van der Waals surface area contributed by atoms with Crippen LogP contribution in [0.1, 0.15) is 42.1 Å². The van der Waals surface area contributed by atoms with Gasteiger partial charge in [-0.25, -0.2) is 4.68 Å². The lowest BCUT2D eigenvalue weighted by Gasteiger charge is -2.13. The van der Waals surface area contributed by atoms with Crippen molar-refractivity contribution in [3.8, 4) is 11.6 Å². The van der Waals surface area contributed by atoms with Crippen molar-refractivity contribution < 1.29 is 4.74 Å². The van der Waals surface area contributed by atoms with Gasteiger partial charge in [0.15, 0.2) is 0 Å². The summed E-state index contributed by atoms with van der Waals surface area (Å²) in [5, 5.41) is 11.9. The summed E-state index contributed by atoms with van der Waals surface area (Å²) in [5.74, 6) is 1.66. The van der Waals surface area contributed by atoms with Crippen molar-refractivity contribution in [2.24, 2.45) is 12.8 Å². The summed E-state index contributed by atoms with van der Waals surface area (Å²) in [6.07, 6.45) is 0. The maximum atomic E-state index is 7.67. The quantitative estimate of drug-likeness (QED) is 0.669. The lowest BCUT2D eigenvalue weighted by molar-refractivity contribution is 0.429. The molecule has 2 aromatic rings. The molecule has 1 aromatic carbocycles. The second-order valence-corrected chi connectivity index (χ2v) is 5.58. The molecule has 5 heteroatoms. The Bertz CT molecular complexity index is 686. The molecule has 112 valence electrons. The third-order valence-electron chi connectivity index (χ3n) is 3.52. The van der Waals surface area contributed by atoms with Crippen LogP contribution in [0, 0.1) is 19.3 Å². The monoisotopic (exact) mass is 286 g/mol. The molecule has 0 aliphatic rings. The molecule has 0 spiro atoms. The molecule has 0 radical (unpaired) electrons. The van der Waals surface area contributed by atoms with Crippen molar-refractivity contribution in [3.63, 3.8) is 0 Å². The number of aryl methyl sites for hydroxylation is 3. The van der Waals surface area contributed by atoms with Crippen molar-refractivity contribution in [1.29, 1.82) is 5.41 Å². The fraction of sp³-hybridized carbons (Fsp3) is 0.375. The largest absolute Gasteiger partial charge is 0.438 e. The summed E-state index contributed by atoms with van der Waals surface area (Å²) in [4.78, 5) is 0. The Morgan fingerprint density at radius 3 is 2.52 bits per heavy atom. The number of nitrogen functional groups attached to an aromatic ring is 1. The van der Waals surface area contributed by atoms with E-state index < -0.39 is 0 Å². The van der Waals surface area contributed by atoms with E-state index >= 15 is 0 Å². The minimum Gasteiger partial charge on any atom is -0.438 e. The molecule has 0 unspecified atom stereocenters. The van der Waals surface area contributed by atoms with Crippen LogP contribution >= 0.6 is 0 Å². The summed E-state index contributed by atoms with van der Waals surface area (Å²) in [5.41, 5.74) is 9.35. The maximum absolute atomic E-state index is 7.67. The van der Waals surface area contributed by atoms with Crippen molar-refractivity contribution in [2.45, 2.75) is 33.6 Å². The van der Waals surface area contributed by atoms with E-state index in [1.54, 1.807) is 11.7 Å². The highest BCUT2D eigenvalue weighted by atomic mass is 16.5. The average molecular weight is 286 g/mol. The van der Waals surface area contributed by atoms with Crippen molar-refractivity contribution >= 4 is 5.84 Å². The van der Waals surface area contributed by atoms with Gasteiger partial charge >= 0.3 is 0 Å². The molecule has 0 saturated heterocycles. The van der Waals surface area contributed by atoms with Crippen LogP contribution in [0.3, 0.4) is 0 Å². The van der Waals surface area contributed by atoms with E-state index in [0.717, 1.165) is 5.75 Å². The molecule has 2 rings (SSSR count). The predicted octanol–water partition coefficient (Wildman–Crippen LogP) is 3.24. The SMILES string of the molecule is Cc1cc(Oc2c(C(=N)N)c(C)nn2C)ccc1C(C)C. The molecule has 0 atom stereocenters. The zero-order chi connectivity index (χ0) is 15.7. The van der Waals surface area contributed by atoms with Gasteiger partial charge in [-0.2, -0.15) is 5.10 Å². The molecule has 0 fully saturated rings. The van der Waals surface area contributed by atoms with Gasteiger partial charge < -0.3 is 10.5 Å². The molecule has 0 amide bonds. The zero-order valence-corrected chi connectivity index (χ0v) is 13.2. The predicted molar refractivity (Wildman–Crippen MR) is 84.3 cm³/mol. The van der Waals surface area contributed by atoms with Crippen LogP contribution in [0.5, 0.6) is 11.6 Å². The van der Waals surface area contributed by atoms with Crippen molar-refractivity contribution in [3.05, 3.63) is 40.6 Å². The van der Waals surface area contributed by atoms with E-state index in [9.17, 15) is 0 Å². The van der Waals surface area contributed by atoms with E-state index in [2.05, 4.69) is 31.9 Å². The standard InChI is InChI=1S/C16H22N4O/c1-9(2)13-7-6-12(8-10(13)3)21-16-14(15(17)18)11(4)19-20(16)5/h6-9H,1-5H3,(H3,17,18). The number of ether oxygens (including phenoxy) is 1. The number of aromatic nitrogens is 2. The first-order valence-electron chi connectivity index (χ1n) is 6.97. The zero-order valence-electron chi connectivity index (χ0n) is 13.2. The Morgan fingerprint density at radius 2 is 2.00 bits per heavy atom. The molecule has 0 aliphatic heterocycles. The molecular weight excluding hydrogens is 264 g/mol. The van der Waals surface area contributed by atoms with Gasteiger partial charge in [-0.1, -0.05) is 19.9 Å². The Morgan fingerprint density at radius 1 is 1.33 bits per heavy atom. The van der Waals surface area contributed by atoms with Gasteiger partial charge in [0.05, 0.1) is 5.69 Å². The van der Waals surface area contributed by atoms with E-state index in [1.807, 2.05) is 19.1 Å². The van der Waals surface area contributed by atoms with Crippen LogP contribution in [0.4, 0.5) is 0 Å². The van der Waals surface area contributed by atoms with Crippen LogP contribution in [0.25, 0.3) is 0 Å². The number of hydrogen-bond donors (Lipinski definition) is 2. The number of amidine groups is 1. The second kappa shape index (κ2) is 5.60. The molecule has 1 heterocycles. The lowest BCUT2D eigenvalue weighted by Crippen LogP contribution is -2.13. The summed E-state index contributed by atoms with van der Waals surface area (Å²) >= 11 is 0. The Kier molecular flexibility index (Phi) is 4.02. The van der Waals surface area contributed by atoms with Crippen LogP contribution in [-0.4, -0.2) is 15.6 Å². The first kappa shape index (κ1) is 15.1. The highest BCUT2D eigenvalue weighted by molar-refractivity contribution is 5.98. The number of hydrogen-bond acceptors (Lipinski definition) is 3. The van der Waals surface area contributed by atoms with Gasteiger partial charge in [-0.05, 0) is 43.0 Å². The highest BCUT2D eigenvalue weighted by Crippen LogP contribution is 2.29. The molecule has 21 heavy (non-hydrogen) atoms. The van der Waals surface area contributed by atoms with Crippen molar-refractivity contribution in [1.82, 2.24) is 9.78 Å². The summed E-state index contributed by atoms with van der Waals surface area (Å²) in [7, 11) is 1.78. The van der Waals surface area contributed by atoms with Crippen LogP contribution in [0.15, 0.2) is 18.2 Å². The van der Waals surface area contributed by atoms with Crippen molar-refractivity contribution in [2.75, 3.05) is 0 Å². The number of rotatable bonds is 4. The molecular formula is C16H22N4O. The van der Waals surface area contributed by atoms with E-state index in [-0.39, 0.29) is 5.84 Å². The first-order chi connectivity index (χ1) is 9.81. The molecule has 1 aromatic heterocycles. The molecule has 0 saturated carbocycles. The maximum Gasteiger partial charge on any atom is 0.228 e. The summed E-state index contributed by atoms with van der Waals surface area (Å²) in [6, 6.07) is 6.02. The second-order valence-electron chi connectivity index (χ2n) is 5.58. The van der Waals surface area contributed by atoms with Gasteiger partial charge in [0, 0.05) is 7.05 Å². The normalized spacial score (nSPS) is 11.0. The minimum absolute atomic E-state index is 0.0360. The lowest BCUT2D eigenvalue weighted by atomic mass is 9.98. The van der Waals surface area contributed by atoms with Crippen LogP contribution in [-0.2, 0) is 7.05 Å². The van der Waals surface area contributed by atoms with Gasteiger partial charge in [0.25, 0.3) is 0 Å². The number of benzene rings is 1. The number of nitrogens with two attached hydrogens (primary N) is 1. The average Bonchev–Trinajstić information content (AvgIpc) is 2.63. The fourth-order valence-corrected chi connectivity index (χ4v) is 2.54. The summed E-state index contributed by atoms with van der Waals surface area (Å²) in [6.45, 7) is 8.22. The topological polar surface area (TPSA) is 76.9 Å².